The monoisotopic (exact) mass is 411 g/mol. The molecule has 0 aliphatic carbocycles. The minimum absolute atomic E-state index is 0.0181. The van der Waals surface area contributed by atoms with Gasteiger partial charge < -0.3 is 5.32 Å². The number of hydrogen-bond donors (Lipinski definition) is 1. The zero-order chi connectivity index (χ0) is 19.4. The van der Waals surface area contributed by atoms with E-state index in [1.807, 2.05) is 13.1 Å². The molecule has 0 aliphatic heterocycles. The first kappa shape index (κ1) is 19.8. The van der Waals surface area contributed by atoms with Gasteiger partial charge in [0.1, 0.15) is 5.03 Å². The van der Waals surface area contributed by atoms with E-state index in [9.17, 15) is 18.0 Å². The fourth-order valence-electron chi connectivity index (χ4n) is 2.40. The van der Waals surface area contributed by atoms with Gasteiger partial charge >= 0.3 is 6.18 Å². The van der Waals surface area contributed by atoms with E-state index in [1.165, 1.54) is 17.4 Å². The molecule has 4 nitrogen and oxygen atoms in total. The first-order valence-corrected chi connectivity index (χ1v) is 9.92. The Bertz CT molecular complexity index is 956. The van der Waals surface area contributed by atoms with Crippen molar-refractivity contribution < 1.29 is 18.0 Å². The van der Waals surface area contributed by atoms with Crippen molar-refractivity contribution in [3.63, 3.8) is 0 Å². The van der Waals surface area contributed by atoms with E-state index in [2.05, 4.69) is 15.3 Å². The lowest BCUT2D eigenvalue weighted by molar-refractivity contribution is -0.145. The molecule has 0 radical (unpaired) electrons. The number of fused-ring (bicyclic) bond motifs is 1. The average molecular weight is 411 g/mol. The molecule has 1 N–H and O–H groups in total. The summed E-state index contributed by atoms with van der Waals surface area (Å²) in [4.78, 5) is 21.4. The number of carbonyl (C=O) groups excluding carboxylic acids is 1. The van der Waals surface area contributed by atoms with Crippen molar-refractivity contribution in [1.82, 2.24) is 15.3 Å². The molecule has 3 rings (SSSR count). The van der Waals surface area contributed by atoms with Crippen molar-refractivity contribution in [2.75, 3.05) is 19.3 Å². The van der Waals surface area contributed by atoms with E-state index >= 15 is 0 Å². The molecule has 0 unspecified atom stereocenters. The molecule has 0 saturated carbocycles. The molecule has 27 heavy (non-hydrogen) atoms. The van der Waals surface area contributed by atoms with Crippen LogP contribution in [0.2, 0.25) is 0 Å². The molecule has 0 amide bonds. The second-order valence-electron chi connectivity index (χ2n) is 5.70. The normalized spacial score (nSPS) is 11.9. The summed E-state index contributed by atoms with van der Waals surface area (Å²) in [5.41, 5.74) is 0.209. The lowest BCUT2D eigenvalue weighted by Gasteiger charge is -2.09. The molecular weight excluding hydrogens is 395 g/mol. The van der Waals surface area contributed by atoms with Crippen LogP contribution in [0.3, 0.4) is 0 Å². The van der Waals surface area contributed by atoms with E-state index in [1.54, 1.807) is 24.3 Å². The van der Waals surface area contributed by atoms with Gasteiger partial charge in [0.25, 0.3) is 0 Å². The lowest BCUT2D eigenvalue weighted by Crippen LogP contribution is -2.12. The highest BCUT2D eigenvalue weighted by Gasteiger charge is 2.35. The summed E-state index contributed by atoms with van der Waals surface area (Å²) in [5.74, 6) is -1.30. The molecule has 9 heteroatoms. The van der Waals surface area contributed by atoms with Gasteiger partial charge in [-0.15, -0.1) is 11.3 Å². The number of thiophene rings is 1. The maximum Gasteiger partial charge on any atom is 0.451 e. The maximum absolute atomic E-state index is 13.1. The molecule has 1 aromatic carbocycles. The predicted molar refractivity (Wildman–Crippen MR) is 102 cm³/mol. The number of rotatable bonds is 7. The van der Waals surface area contributed by atoms with Crippen LogP contribution in [0.4, 0.5) is 13.2 Å². The first-order valence-electron chi connectivity index (χ1n) is 8.12. The summed E-state index contributed by atoms with van der Waals surface area (Å²) in [5, 5.41) is 3.71. The number of halogens is 3. The maximum atomic E-state index is 13.1. The molecule has 2 heterocycles. The smallest absolute Gasteiger partial charge is 0.319 e. The van der Waals surface area contributed by atoms with Crippen molar-refractivity contribution in [2.24, 2.45) is 0 Å². The van der Waals surface area contributed by atoms with Crippen molar-refractivity contribution >= 4 is 39.8 Å². The van der Waals surface area contributed by atoms with Gasteiger partial charge in [0, 0.05) is 10.3 Å². The molecule has 2 aromatic heterocycles. The molecule has 0 bridgehead atoms. The van der Waals surface area contributed by atoms with Crippen LogP contribution in [-0.4, -0.2) is 35.1 Å². The number of alkyl halides is 3. The number of likely N-dealkylation sites (N-methyl/N-ethyl adjacent to an activating group) is 1. The van der Waals surface area contributed by atoms with Crippen LogP contribution in [-0.2, 0) is 12.6 Å². The van der Waals surface area contributed by atoms with Gasteiger partial charge in [0.15, 0.2) is 5.78 Å². The van der Waals surface area contributed by atoms with E-state index in [0.717, 1.165) is 29.6 Å². The topological polar surface area (TPSA) is 54.9 Å². The molecular formula is C18H16F3N3OS2. The third-order valence-electron chi connectivity index (χ3n) is 3.72. The van der Waals surface area contributed by atoms with E-state index in [4.69, 9.17) is 0 Å². The van der Waals surface area contributed by atoms with Crippen LogP contribution >= 0.6 is 23.1 Å². The molecule has 0 saturated heterocycles. The summed E-state index contributed by atoms with van der Waals surface area (Å²) in [6.07, 6.45) is -3.81. The number of thioether (sulfide) groups is 1. The minimum Gasteiger partial charge on any atom is -0.319 e. The quantitative estimate of drug-likeness (QED) is 0.354. The van der Waals surface area contributed by atoms with Gasteiger partial charge in [0.05, 0.1) is 16.1 Å². The van der Waals surface area contributed by atoms with E-state index in [-0.39, 0.29) is 22.1 Å². The number of ketones is 1. The first-order chi connectivity index (χ1) is 12.9. The third kappa shape index (κ3) is 4.85. The van der Waals surface area contributed by atoms with E-state index < -0.39 is 12.0 Å². The highest BCUT2D eigenvalue weighted by molar-refractivity contribution is 8.00. The lowest BCUT2D eigenvalue weighted by atomic mass is 10.2. The fraction of sp³-hybridized carbons (Fsp3) is 0.278. The van der Waals surface area contributed by atoms with Crippen molar-refractivity contribution in [3.8, 4) is 0 Å². The number of nitrogens with one attached hydrogen (secondary N) is 1. The SMILES string of the molecule is CNCCc1ccc(C(=O)CSc2nc(C(F)(F)F)nc3ccccc23)s1. The van der Waals surface area contributed by atoms with Crippen LogP contribution < -0.4 is 5.32 Å². The Hall–Kier alpha value is -1.97. The molecule has 142 valence electrons. The summed E-state index contributed by atoms with van der Waals surface area (Å²) < 4.78 is 39.2. The highest BCUT2D eigenvalue weighted by atomic mass is 32.2. The summed E-state index contributed by atoms with van der Waals surface area (Å²) in [6, 6.07) is 10.2. The van der Waals surface area contributed by atoms with Gasteiger partial charge in [-0.3, -0.25) is 4.79 Å². The highest BCUT2D eigenvalue weighted by Crippen LogP contribution is 2.32. The van der Waals surface area contributed by atoms with Gasteiger partial charge in [-0.05, 0) is 38.2 Å². The molecule has 0 atom stereocenters. The average Bonchev–Trinajstić information content (AvgIpc) is 3.12. The van der Waals surface area contributed by atoms with Crippen LogP contribution in [0, 0.1) is 0 Å². The molecule has 0 aliphatic rings. The number of aromatic nitrogens is 2. The van der Waals surface area contributed by atoms with Crippen LogP contribution in [0.1, 0.15) is 20.4 Å². The largest absolute Gasteiger partial charge is 0.451 e. The van der Waals surface area contributed by atoms with Gasteiger partial charge in [-0.1, -0.05) is 30.0 Å². The van der Waals surface area contributed by atoms with E-state index in [0.29, 0.717) is 10.3 Å². The standard InChI is InChI=1S/C18H16F3N3OS2/c1-22-9-8-11-6-7-15(27-11)14(25)10-26-16-12-4-2-3-5-13(12)23-17(24-16)18(19,20)21/h2-7,22H,8-10H2,1H3. The summed E-state index contributed by atoms with van der Waals surface area (Å²) >= 11 is 2.42. The Kier molecular flexibility index (Phi) is 6.13. The number of hydrogen-bond acceptors (Lipinski definition) is 6. The Balaban J connectivity index is 1.80. The zero-order valence-electron chi connectivity index (χ0n) is 14.3. The van der Waals surface area contributed by atoms with Gasteiger partial charge in [-0.2, -0.15) is 13.2 Å². The van der Waals surface area contributed by atoms with Crippen molar-refractivity contribution in [2.45, 2.75) is 17.6 Å². The third-order valence-corrected chi connectivity index (χ3v) is 5.90. The minimum atomic E-state index is -4.64. The molecule has 3 aromatic rings. The fourth-order valence-corrected chi connectivity index (χ4v) is 4.34. The Morgan fingerprint density at radius 1 is 1.19 bits per heavy atom. The zero-order valence-corrected chi connectivity index (χ0v) is 16.0. The Morgan fingerprint density at radius 3 is 2.70 bits per heavy atom. The molecule has 0 spiro atoms. The summed E-state index contributed by atoms with van der Waals surface area (Å²) in [6.45, 7) is 0.816. The Morgan fingerprint density at radius 2 is 1.96 bits per heavy atom. The van der Waals surface area contributed by atoms with Crippen molar-refractivity contribution in [3.05, 3.63) is 52.0 Å². The number of benzene rings is 1. The number of nitrogens with zero attached hydrogens (tertiary/aromatic N) is 2. The second-order valence-corrected chi connectivity index (χ2v) is 7.83. The summed E-state index contributed by atoms with van der Waals surface area (Å²) in [7, 11) is 1.86. The molecule has 0 fully saturated rings. The number of carbonyl (C=O) groups is 1. The van der Waals surface area contributed by atoms with Crippen LogP contribution in [0.15, 0.2) is 41.4 Å². The van der Waals surface area contributed by atoms with Gasteiger partial charge in [0.2, 0.25) is 5.82 Å². The Labute approximate surface area is 162 Å². The van der Waals surface area contributed by atoms with Crippen LogP contribution in [0.25, 0.3) is 10.9 Å². The predicted octanol–water partition coefficient (Wildman–Crippen LogP) is 4.45. The van der Waals surface area contributed by atoms with Crippen LogP contribution in [0.5, 0.6) is 0 Å². The number of Topliss-reactive ketones (excluding diaryl/α,β-unsaturated/α-hetero) is 1. The second kappa shape index (κ2) is 8.37. The number of para-hydroxylation sites is 1. The van der Waals surface area contributed by atoms with Gasteiger partial charge in [-0.25, -0.2) is 9.97 Å². The van der Waals surface area contributed by atoms with Crippen molar-refractivity contribution in [1.29, 1.82) is 0 Å².